The predicted molar refractivity (Wildman–Crippen MR) is 119 cm³/mol. The lowest BCUT2D eigenvalue weighted by Crippen LogP contribution is -2.32. The van der Waals surface area contributed by atoms with Gasteiger partial charge in [0.2, 0.25) is 0 Å². The molecule has 0 spiro atoms. The summed E-state index contributed by atoms with van der Waals surface area (Å²) in [5.74, 6) is 7.23. The van der Waals surface area contributed by atoms with Crippen molar-refractivity contribution < 1.29 is 9.53 Å². The van der Waals surface area contributed by atoms with E-state index in [-0.39, 0.29) is 18.0 Å². The summed E-state index contributed by atoms with van der Waals surface area (Å²) in [4.78, 5) is 13.8. The van der Waals surface area contributed by atoms with Crippen molar-refractivity contribution in [3.8, 4) is 23.7 Å². The first kappa shape index (κ1) is 21.4. The fourth-order valence-electron chi connectivity index (χ4n) is 3.46. The Bertz CT molecular complexity index is 1000. The highest BCUT2D eigenvalue weighted by Crippen LogP contribution is 2.42. The van der Waals surface area contributed by atoms with Crippen LogP contribution in [0.4, 0.5) is 16.2 Å². The summed E-state index contributed by atoms with van der Waals surface area (Å²) in [5, 5.41) is 15.2. The molecule has 6 nitrogen and oxygen atoms in total. The number of alkyl halides is 1. The molecule has 30 heavy (non-hydrogen) atoms. The minimum Gasteiger partial charge on any atom is -0.497 e. The number of benzene rings is 2. The van der Waals surface area contributed by atoms with Gasteiger partial charge in [-0.25, -0.2) is 4.79 Å². The first-order valence-corrected chi connectivity index (χ1v) is 10.2. The highest BCUT2D eigenvalue weighted by molar-refractivity contribution is 6.18. The summed E-state index contributed by atoms with van der Waals surface area (Å²) in [6.45, 7) is 3.19. The number of amides is 2. The Balaban J connectivity index is 1.78. The van der Waals surface area contributed by atoms with Crippen molar-refractivity contribution in [1.29, 1.82) is 5.26 Å². The van der Waals surface area contributed by atoms with Crippen molar-refractivity contribution >= 4 is 29.0 Å². The molecule has 0 saturated carbocycles. The molecule has 154 valence electrons. The molecular formula is C23H23ClN4O2. The molecule has 0 bridgehead atoms. The van der Waals surface area contributed by atoms with Gasteiger partial charge in [-0.15, -0.1) is 11.6 Å². The quantitative estimate of drug-likeness (QED) is 0.565. The molecular weight excluding hydrogens is 400 g/mol. The van der Waals surface area contributed by atoms with Crippen LogP contribution in [0.25, 0.3) is 0 Å². The number of nitrogens with one attached hydrogen (secondary N) is 2. The molecule has 0 fully saturated rings. The maximum Gasteiger partial charge on any atom is 0.319 e. The van der Waals surface area contributed by atoms with Gasteiger partial charge in [-0.05, 0) is 42.8 Å². The normalized spacial score (nSPS) is 16.7. The van der Waals surface area contributed by atoms with Gasteiger partial charge in [0.05, 0.1) is 13.2 Å². The molecule has 0 aliphatic carbocycles. The lowest BCUT2D eigenvalue weighted by molar-refractivity contribution is 0.252. The third-order valence-corrected chi connectivity index (χ3v) is 5.09. The van der Waals surface area contributed by atoms with E-state index in [4.69, 9.17) is 16.3 Å². The van der Waals surface area contributed by atoms with Crippen molar-refractivity contribution in [2.75, 3.05) is 36.3 Å². The van der Waals surface area contributed by atoms with Gasteiger partial charge >= 0.3 is 6.03 Å². The van der Waals surface area contributed by atoms with Crippen molar-refractivity contribution in [2.24, 2.45) is 0 Å². The third-order valence-electron chi connectivity index (χ3n) is 4.90. The molecule has 2 unspecified atom stereocenters. The molecule has 7 heteroatoms. The van der Waals surface area contributed by atoms with Crippen molar-refractivity contribution in [2.45, 2.75) is 18.9 Å². The van der Waals surface area contributed by atoms with E-state index in [9.17, 15) is 10.1 Å². The summed E-state index contributed by atoms with van der Waals surface area (Å²) in [5.41, 5.74) is 3.44. The number of urea groups is 1. The van der Waals surface area contributed by atoms with Crippen LogP contribution in [-0.2, 0) is 0 Å². The standard InChI is InChI=1S/C23H23ClN4O2/c1-3-28-21(20(15-25)19-10-9-18(30-2)14-22(19)28)11-6-16-4-7-17(8-5-16)27-23(29)26-13-12-24/h4-5,7-10,14,20-21H,3,12-13H2,1-2H3,(H2,26,27,29). The number of ether oxygens (including phenoxy) is 1. The van der Waals surface area contributed by atoms with Crippen LogP contribution in [0.1, 0.15) is 24.0 Å². The summed E-state index contributed by atoms with van der Waals surface area (Å²) in [6, 6.07) is 14.9. The van der Waals surface area contributed by atoms with E-state index in [2.05, 4.69) is 33.4 Å². The largest absolute Gasteiger partial charge is 0.497 e. The van der Waals surface area contributed by atoms with Crippen molar-refractivity contribution in [3.63, 3.8) is 0 Å². The average Bonchev–Trinajstić information content (AvgIpc) is 3.08. The van der Waals surface area contributed by atoms with E-state index in [1.807, 2.05) is 37.3 Å². The number of rotatable bonds is 5. The number of halogens is 1. The first-order chi connectivity index (χ1) is 14.6. The summed E-state index contributed by atoms with van der Waals surface area (Å²) in [7, 11) is 1.63. The lowest BCUT2D eigenvalue weighted by atomic mass is 9.96. The first-order valence-electron chi connectivity index (χ1n) is 9.67. The molecule has 3 rings (SSSR count). The second-order valence-electron chi connectivity index (χ2n) is 6.68. The number of hydrogen-bond acceptors (Lipinski definition) is 4. The van der Waals surface area contributed by atoms with Crippen LogP contribution in [0.3, 0.4) is 0 Å². The number of anilines is 2. The Kier molecular flexibility index (Phi) is 7.06. The molecule has 0 aromatic heterocycles. The van der Waals surface area contributed by atoms with Gasteiger partial charge in [-0.3, -0.25) is 0 Å². The molecule has 2 N–H and O–H groups in total. The molecule has 2 amide bonds. The Labute approximate surface area is 181 Å². The molecule has 2 aromatic rings. The highest BCUT2D eigenvalue weighted by atomic mass is 35.5. The number of carbonyl (C=O) groups is 1. The average molecular weight is 423 g/mol. The van der Waals surface area contributed by atoms with Gasteiger partial charge < -0.3 is 20.3 Å². The minimum absolute atomic E-state index is 0.235. The number of nitriles is 1. The van der Waals surface area contributed by atoms with E-state index in [0.717, 1.165) is 29.1 Å². The van der Waals surface area contributed by atoms with Gasteiger partial charge in [-0.2, -0.15) is 5.26 Å². The SMILES string of the molecule is CCN1c2cc(OC)ccc2C(C#N)C1C#Cc1ccc(NC(=O)NCCCl)cc1. The van der Waals surface area contributed by atoms with Crippen LogP contribution in [-0.4, -0.2) is 38.2 Å². The second-order valence-corrected chi connectivity index (χ2v) is 7.06. The number of nitrogens with zero attached hydrogens (tertiary/aromatic N) is 2. The second kappa shape index (κ2) is 9.91. The molecule has 1 aliphatic heterocycles. The monoisotopic (exact) mass is 422 g/mol. The molecule has 0 radical (unpaired) electrons. The maximum atomic E-state index is 11.7. The number of hydrogen-bond donors (Lipinski definition) is 2. The fraction of sp³-hybridized carbons (Fsp3) is 0.304. The number of carbonyl (C=O) groups excluding carboxylic acids is 1. The minimum atomic E-state index is -0.329. The van der Waals surface area contributed by atoms with Crippen molar-refractivity contribution in [1.82, 2.24) is 5.32 Å². The predicted octanol–water partition coefficient (Wildman–Crippen LogP) is 3.92. The van der Waals surface area contributed by atoms with Gasteiger partial charge in [0.25, 0.3) is 0 Å². The highest BCUT2D eigenvalue weighted by Gasteiger charge is 2.37. The van der Waals surface area contributed by atoms with Gasteiger partial charge in [-0.1, -0.05) is 17.9 Å². The lowest BCUT2D eigenvalue weighted by Gasteiger charge is -2.23. The molecule has 0 saturated heterocycles. The van der Waals surface area contributed by atoms with Crippen LogP contribution >= 0.6 is 11.6 Å². The summed E-state index contributed by atoms with van der Waals surface area (Å²) < 4.78 is 5.34. The Morgan fingerprint density at radius 3 is 2.67 bits per heavy atom. The van der Waals surface area contributed by atoms with Crippen LogP contribution in [0, 0.1) is 23.2 Å². The van der Waals surface area contributed by atoms with Gasteiger partial charge in [0.1, 0.15) is 17.7 Å². The van der Waals surface area contributed by atoms with E-state index >= 15 is 0 Å². The van der Waals surface area contributed by atoms with Gasteiger partial charge in [0, 0.05) is 42.0 Å². The zero-order valence-corrected chi connectivity index (χ0v) is 17.7. The van der Waals surface area contributed by atoms with Crippen LogP contribution in [0.15, 0.2) is 42.5 Å². The van der Waals surface area contributed by atoms with Crippen molar-refractivity contribution in [3.05, 3.63) is 53.6 Å². The third kappa shape index (κ3) is 4.62. The summed E-state index contributed by atoms with van der Waals surface area (Å²) in [6.07, 6.45) is 0. The molecule has 1 aliphatic rings. The van der Waals surface area contributed by atoms with E-state index in [1.54, 1.807) is 19.2 Å². The molecule has 2 aromatic carbocycles. The molecule has 2 atom stereocenters. The number of likely N-dealkylation sites (N-methyl/N-ethyl adjacent to an activating group) is 1. The van der Waals surface area contributed by atoms with Crippen LogP contribution in [0.5, 0.6) is 5.75 Å². The van der Waals surface area contributed by atoms with Gasteiger partial charge in [0.15, 0.2) is 0 Å². The van der Waals surface area contributed by atoms with E-state index < -0.39 is 0 Å². The Hall–Kier alpha value is -3.35. The zero-order chi connectivity index (χ0) is 21.5. The Morgan fingerprint density at radius 2 is 2.03 bits per heavy atom. The summed E-state index contributed by atoms with van der Waals surface area (Å²) >= 11 is 5.56. The Morgan fingerprint density at radius 1 is 1.27 bits per heavy atom. The van der Waals surface area contributed by atoms with E-state index in [0.29, 0.717) is 18.1 Å². The smallest absolute Gasteiger partial charge is 0.319 e. The fourth-order valence-corrected chi connectivity index (χ4v) is 3.56. The topological polar surface area (TPSA) is 77.4 Å². The maximum absolute atomic E-state index is 11.7. The van der Waals surface area contributed by atoms with E-state index in [1.165, 1.54) is 0 Å². The number of methoxy groups -OCH3 is 1. The van der Waals surface area contributed by atoms with Crippen LogP contribution in [0.2, 0.25) is 0 Å². The van der Waals surface area contributed by atoms with Crippen LogP contribution < -0.4 is 20.3 Å². The molecule has 1 heterocycles. The zero-order valence-electron chi connectivity index (χ0n) is 16.9. The number of fused-ring (bicyclic) bond motifs is 1.